The van der Waals surface area contributed by atoms with Gasteiger partial charge in [-0.25, -0.2) is 4.39 Å². The molecule has 1 aromatic rings. The highest BCUT2D eigenvalue weighted by Crippen LogP contribution is 2.35. The summed E-state index contributed by atoms with van der Waals surface area (Å²) in [5, 5.41) is 3.03. The lowest BCUT2D eigenvalue weighted by Gasteiger charge is -2.32. The van der Waals surface area contributed by atoms with Gasteiger partial charge in [0.05, 0.1) is 6.04 Å². The van der Waals surface area contributed by atoms with Gasteiger partial charge < -0.3 is 11.1 Å². The number of hydrogen-bond acceptors (Lipinski definition) is 2. The molecule has 0 saturated carbocycles. The molecule has 0 aliphatic heterocycles. The zero-order valence-electron chi connectivity index (χ0n) is 11.7. The molecule has 2 rings (SSSR count). The van der Waals surface area contributed by atoms with Crippen LogP contribution in [0.5, 0.6) is 0 Å². The largest absolute Gasteiger partial charge is 0.349 e. The lowest BCUT2D eigenvalue weighted by molar-refractivity contribution is -0.122. The summed E-state index contributed by atoms with van der Waals surface area (Å²) in [5.74, 6) is 0.168. The highest BCUT2D eigenvalue weighted by Gasteiger charge is 2.29. The van der Waals surface area contributed by atoms with Crippen molar-refractivity contribution in [2.75, 3.05) is 6.54 Å². The monoisotopic (exact) mass is 300 g/mol. The SMILES string of the molecule is CC1CCc2c(F)cccc2C1NC(=O)CCCN.Cl. The Morgan fingerprint density at radius 2 is 2.25 bits per heavy atom. The van der Waals surface area contributed by atoms with Crippen molar-refractivity contribution < 1.29 is 9.18 Å². The van der Waals surface area contributed by atoms with Gasteiger partial charge in [0.25, 0.3) is 0 Å². The quantitative estimate of drug-likeness (QED) is 0.898. The van der Waals surface area contributed by atoms with Gasteiger partial charge >= 0.3 is 0 Å². The molecule has 1 aliphatic rings. The average Bonchev–Trinajstić information content (AvgIpc) is 2.40. The van der Waals surface area contributed by atoms with Crippen LogP contribution in [0.15, 0.2) is 18.2 Å². The van der Waals surface area contributed by atoms with Crippen LogP contribution in [0.25, 0.3) is 0 Å². The summed E-state index contributed by atoms with van der Waals surface area (Å²) in [6.45, 7) is 2.61. The minimum absolute atomic E-state index is 0. The van der Waals surface area contributed by atoms with Crippen LogP contribution in [0.4, 0.5) is 4.39 Å². The first-order valence-corrected chi connectivity index (χ1v) is 6.90. The summed E-state index contributed by atoms with van der Waals surface area (Å²) in [5.41, 5.74) is 7.09. The fourth-order valence-electron chi connectivity index (χ4n) is 2.70. The first-order chi connectivity index (χ1) is 9.13. The molecule has 0 saturated heterocycles. The second-order valence-electron chi connectivity index (χ2n) is 5.26. The van der Waals surface area contributed by atoms with Crippen LogP contribution in [-0.2, 0) is 11.2 Å². The number of carbonyl (C=O) groups is 1. The molecule has 0 aromatic heterocycles. The number of nitrogens with one attached hydrogen (secondary N) is 1. The maximum absolute atomic E-state index is 13.8. The number of halogens is 2. The summed E-state index contributed by atoms with van der Waals surface area (Å²) in [4.78, 5) is 11.9. The number of carbonyl (C=O) groups excluding carboxylic acids is 1. The van der Waals surface area contributed by atoms with Crippen molar-refractivity contribution in [3.05, 3.63) is 35.1 Å². The average molecular weight is 301 g/mol. The predicted molar refractivity (Wildman–Crippen MR) is 80.3 cm³/mol. The molecule has 20 heavy (non-hydrogen) atoms. The van der Waals surface area contributed by atoms with E-state index in [1.54, 1.807) is 6.07 Å². The minimum atomic E-state index is -0.161. The van der Waals surface area contributed by atoms with E-state index < -0.39 is 0 Å². The number of benzene rings is 1. The topological polar surface area (TPSA) is 55.1 Å². The molecule has 0 bridgehead atoms. The summed E-state index contributed by atoms with van der Waals surface area (Å²) < 4.78 is 13.8. The number of hydrogen-bond donors (Lipinski definition) is 2. The smallest absolute Gasteiger partial charge is 0.220 e. The molecule has 5 heteroatoms. The van der Waals surface area contributed by atoms with E-state index in [4.69, 9.17) is 5.73 Å². The summed E-state index contributed by atoms with van der Waals surface area (Å²) in [6.07, 6.45) is 2.77. The Labute approximate surface area is 125 Å². The van der Waals surface area contributed by atoms with Crippen molar-refractivity contribution in [2.24, 2.45) is 11.7 Å². The Hall–Kier alpha value is -1.13. The molecule has 0 fully saturated rings. The highest BCUT2D eigenvalue weighted by molar-refractivity contribution is 5.85. The molecule has 2 unspecified atom stereocenters. The molecular formula is C15H22ClFN2O. The normalized spacial score (nSPS) is 20.8. The lowest BCUT2D eigenvalue weighted by atomic mass is 9.80. The standard InChI is InChI=1S/C15H21FN2O.ClH/c1-10-7-8-11-12(4-2-5-13(11)16)15(10)18-14(19)6-3-9-17;/h2,4-5,10,15H,3,6-9,17H2,1H3,(H,18,19);1H. The predicted octanol–water partition coefficient (Wildman–Crippen LogP) is 2.73. The zero-order chi connectivity index (χ0) is 13.8. The molecule has 1 aliphatic carbocycles. The first kappa shape index (κ1) is 16.9. The van der Waals surface area contributed by atoms with Crippen LogP contribution in [0.1, 0.15) is 43.4 Å². The molecule has 1 aromatic carbocycles. The summed E-state index contributed by atoms with van der Waals surface area (Å²) in [7, 11) is 0. The molecule has 1 amide bonds. The van der Waals surface area contributed by atoms with E-state index in [9.17, 15) is 9.18 Å². The Bertz CT molecular complexity index is 467. The van der Waals surface area contributed by atoms with Gasteiger partial charge in [-0.05, 0) is 48.9 Å². The summed E-state index contributed by atoms with van der Waals surface area (Å²) >= 11 is 0. The molecule has 2 atom stereocenters. The zero-order valence-corrected chi connectivity index (χ0v) is 12.5. The summed E-state index contributed by atoms with van der Waals surface area (Å²) in [6, 6.07) is 5.04. The van der Waals surface area contributed by atoms with Crippen LogP contribution >= 0.6 is 12.4 Å². The van der Waals surface area contributed by atoms with Crippen molar-refractivity contribution in [3.63, 3.8) is 0 Å². The van der Waals surface area contributed by atoms with Crippen LogP contribution in [0.2, 0.25) is 0 Å². The second-order valence-corrected chi connectivity index (χ2v) is 5.26. The first-order valence-electron chi connectivity index (χ1n) is 6.90. The maximum atomic E-state index is 13.8. The van der Waals surface area contributed by atoms with Gasteiger partial charge in [-0.2, -0.15) is 0 Å². The second kappa shape index (κ2) is 7.60. The van der Waals surface area contributed by atoms with E-state index in [0.29, 0.717) is 25.3 Å². The van der Waals surface area contributed by atoms with Crippen LogP contribution in [-0.4, -0.2) is 12.5 Å². The van der Waals surface area contributed by atoms with Crippen LogP contribution in [0, 0.1) is 11.7 Å². The van der Waals surface area contributed by atoms with E-state index in [2.05, 4.69) is 12.2 Å². The highest BCUT2D eigenvalue weighted by atomic mass is 35.5. The molecule has 0 radical (unpaired) electrons. The molecule has 3 N–H and O–H groups in total. The Morgan fingerprint density at radius 3 is 2.95 bits per heavy atom. The van der Waals surface area contributed by atoms with Crippen molar-refractivity contribution in [1.29, 1.82) is 0 Å². The van der Waals surface area contributed by atoms with E-state index in [1.165, 1.54) is 6.07 Å². The third kappa shape index (κ3) is 3.70. The lowest BCUT2D eigenvalue weighted by Crippen LogP contribution is -2.35. The van der Waals surface area contributed by atoms with Gasteiger partial charge in [-0.3, -0.25) is 4.79 Å². The Kier molecular flexibility index (Phi) is 6.43. The number of rotatable bonds is 4. The van der Waals surface area contributed by atoms with Gasteiger partial charge in [-0.15, -0.1) is 12.4 Å². The van der Waals surface area contributed by atoms with Crippen LogP contribution in [0.3, 0.4) is 0 Å². The van der Waals surface area contributed by atoms with Crippen molar-refractivity contribution in [1.82, 2.24) is 5.32 Å². The van der Waals surface area contributed by atoms with E-state index in [1.807, 2.05) is 6.07 Å². The fraction of sp³-hybridized carbons (Fsp3) is 0.533. The van der Waals surface area contributed by atoms with E-state index >= 15 is 0 Å². The van der Waals surface area contributed by atoms with E-state index in [-0.39, 0.29) is 30.2 Å². The van der Waals surface area contributed by atoms with Gasteiger partial charge in [0.1, 0.15) is 5.82 Å². The molecule has 3 nitrogen and oxygen atoms in total. The minimum Gasteiger partial charge on any atom is -0.349 e. The third-order valence-corrected chi connectivity index (χ3v) is 3.83. The Morgan fingerprint density at radius 1 is 1.50 bits per heavy atom. The van der Waals surface area contributed by atoms with Gasteiger partial charge in [0.15, 0.2) is 0 Å². The number of amides is 1. The molecule has 112 valence electrons. The molecule has 0 spiro atoms. The molecular weight excluding hydrogens is 279 g/mol. The van der Waals surface area contributed by atoms with Gasteiger partial charge in [0, 0.05) is 6.42 Å². The number of nitrogens with two attached hydrogens (primary N) is 1. The Balaban J connectivity index is 0.00000200. The van der Waals surface area contributed by atoms with Crippen LogP contribution < -0.4 is 11.1 Å². The van der Waals surface area contributed by atoms with Crippen molar-refractivity contribution in [3.8, 4) is 0 Å². The third-order valence-electron chi connectivity index (χ3n) is 3.83. The van der Waals surface area contributed by atoms with Gasteiger partial charge in [0.2, 0.25) is 5.91 Å². The van der Waals surface area contributed by atoms with E-state index in [0.717, 1.165) is 24.0 Å². The maximum Gasteiger partial charge on any atom is 0.220 e. The van der Waals surface area contributed by atoms with Crippen molar-refractivity contribution in [2.45, 2.75) is 38.6 Å². The van der Waals surface area contributed by atoms with Gasteiger partial charge in [-0.1, -0.05) is 19.1 Å². The van der Waals surface area contributed by atoms with Crippen molar-refractivity contribution >= 4 is 18.3 Å². The molecule has 0 heterocycles. The fourth-order valence-corrected chi connectivity index (χ4v) is 2.70. The number of fused-ring (bicyclic) bond motifs is 1.